The van der Waals surface area contributed by atoms with Crippen molar-refractivity contribution < 1.29 is 19.1 Å². The Morgan fingerprint density at radius 1 is 1.03 bits per heavy atom. The summed E-state index contributed by atoms with van der Waals surface area (Å²) in [5.41, 5.74) is 1.13. The van der Waals surface area contributed by atoms with Crippen LogP contribution in [0.3, 0.4) is 0 Å². The minimum atomic E-state index is -0.429. The molecule has 0 spiro atoms. The first kappa shape index (κ1) is 25.3. The first-order valence-corrected chi connectivity index (χ1v) is 11.9. The lowest BCUT2D eigenvalue weighted by atomic mass is 10.0. The van der Waals surface area contributed by atoms with E-state index in [0.717, 1.165) is 48.6 Å². The molecule has 2 aromatic rings. The van der Waals surface area contributed by atoms with Gasteiger partial charge < -0.3 is 19.3 Å². The molecule has 1 amide bonds. The molecule has 3 rings (SSSR count). The highest BCUT2D eigenvalue weighted by molar-refractivity contribution is 6.16. The van der Waals surface area contributed by atoms with E-state index >= 15 is 0 Å². The van der Waals surface area contributed by atoms with Crippen molar-refractivity contribution in [1.29, 1.82) is 0 Å². The predicted molar refractivity (Wildman–Crippen MR) is 135 cm³/mol. The van der Waals surface area contributed by atoms with Gasteiger partial charge in [0, 0.05) is 38.9 Å². The van der Waals surface area contributed by atoms with Crippen molar-refractivity contribution in [3.63, 3.8) is 0 Å². The van der Waals surface area contributed by atoms with Crippen LogP contribution in [0.15, 0.2) is 59.4 Å². The van der Waals surface area contributed by atoms with Crippen LogP contribution in [0.5, 0.6) is 0 Å². The third-order valence-corrected chi connectivity index (χ3v) is 5.59. The number of fused-ring (bicyclic) bond motifs is 1. The molecule has 1 aliphatic rings. The number of benzene rings is 2. The molecule has 7 heteroatoms. The highest BCUT2D eigenvalue weighted by atomic mass is 16.6. The Bertz CT molecular complexity index is 1060. The lowest BCUT2D eigenvalue weighted by Crippen LogP contribution is -2.29. The molecule has 0 aliphatic carbocycles. The Balaban J connectivity index is 1.43. The molecule has 0 bridgehead atoms. The topological polar surface area (TPSA) is 71.4 Å². The highest BCUT2D eigenvalue weighted by Crippen LogP contribution is 2.24. The summed E-state index contributed by atoms with van der Waals surface area (Å²) in [4.78, 5) is 32.3. The van der Waals surface area contributed by atoms with E-state index in [2.05, 4.69) is 4.99 Å². The number of cyclic esters (lactones) is 1. The van der Waals surface area contributed by atoms with Gasteiger partial charge in [-0.1, -0.05) is 63.1 Å². The molecule has 0 saturated carbocycles. The van der Waals surface area contributed by atoms with Crippen LogP contribution in [0, 0.1) is 5.92 Å². The lowest BCUT2D eigenvalue weighted by molar-refractivity contribution is -0.130. The van der Waals surface area contributed by atoms with Crippen molar-refractivity contribution in [1.82, 2.24) is 9.80 Å². The molecular weight excluding hydrogens is 430 g/mol. The second-order valence-corrected chi connectivity index (χ2v) is 9.13. The average molecular weight is 466 g/mol. The fourth-order valence-corrected chi connectivity index (χ4v) is 3.70. The molecule has 0 fully saturated rings. The number of rotatable bonds is 11. The summed E-state index contributed by atoms with van der Waals surface area (Å²) in [7, 11) is 3.71. The van der Waals surface area contributed by atoms with Gasteiger partial charge >= 0.3 is 12.1 Å². The van der Waals surface area contributed by atoms with E-state index in [-0.39, 0.29) is 6.09 Å². The van der Waals surface area contributed by atoms with E-state index in [1.54, 1.807) is 18.1 Å². The molecular formula is C27H35N3O4. The van der Waals surface area contributed by atoms with E-state index < -0.39 is 5.97 Å². The Hall–Kier alpha value is -3.35. The minimum Gasteiger partial charge on any atom is -0.449 e. The van der Waals surface area contributed by atoms with Gasteiger partial charge in [-0.15, -0.1) is 0 Å². The van der Waals surface area contributed by atoms with Crippen LogP contribution < -0.4 is 0 Å². The second kappa shape index (κ2) is 12.2. The van der Waals surface area contributed by atoms with Gasteiger partial charge in [0.05, 0.1) is 6.61 Å². The number of hydrogen-bond acceptors (Lipinski definition) is 6. The summed E-state index contributed by atoms with van der Waals surface area (Å²) in [6.45, 7) is 5.99. The Labute approximate surface area is 202 Å². The number of ether oxygens (including phenoxy) is 2. The SMILES string of the molecule is CC(C)COC(=O)N(C)CCCCCCN(C)/C=C1/N=C(c2cccc3ccccc23)OC1=O. The zero-order chi connectivity index (χ0) is 24.5. The predicted octanol–water partition coefficient (Wildman–Crippen LogP) is 5.20. The van der Waals surface area contributed by atoms with Gasteiger partial charge in [-0.2, -0.15) is 0 Å². The zero-order valence-corrected chi connectivity index (χ0v) is 20.6. The van der Waals surface area contributed by atoms with E-state index in [1.165, 1.54) is 0 Å². The molecule has 2 aromatic carbocycles. The van der Waals surface area contributed by atoms with Gasteiger partial charge in [0.25, 0.3) is 0 Å². The molecule has 0 atom stereocenters. The third kappa shape index (κ3) is 7.07. The number of carbonyl (C=O) groups is 2. The minimum absolute atomic E-state index is 0.257. The number of hydrogen-bond donors (Lipinski definition) is 0. The Morgan fingerprint density at radius 3 is 2.50 bits per heavy atom. The first-order chi connectivity index (χ1) is 16.3. The summed E-state index contributed by atoms with van der Waals surface area (Å²) in [6.07, 6.45) is 5.47. The molecule has 1 heterocycles. The molecule has 0 N–H and O–H groups in total. The van der Waals surface area contributed by atoms with Crippen LogP contribution in [0.25, 0.3) is 10.8 Å². The molecule has 0 aromatic heterocycles. The van der Waals surface area contributed by atoms with E-state index in [9.17, 15) is 9.59 Å². The van der Waals surface area contributed by atoms with Gasteiger partial charge in [0.1, 0.15) is 0 Å². The van der Waals surface area contributed by atoms with E-state index in [1.807, 2.05) is 68.3 Å². The van der Waals surface area contributed by atoms with Gasteiger partial charge in [0.15, 0.2) is 5.70 Å². The molecule has 1 aliphatic heterocycles. The molecule has 0 unspecified atom stereocenters. The number of unbranched alkanes of at least 4 members (excludes halogenated alkanes) is 3. The maximum atomic E-state index is 12.4. The fourth-order valence-electron chi connectivity index (χ4n) is 3.70. The first-order valence-electron chi connectivity index (χ1n) is 11.9. The Morgan fingerprint density at radius 2 is 1.74 bits per heavy atom. The van der Waals surface area contributed by atoms with E-state index in [4.69, 9.17) is 9.47 Å². The van der Waals surface area contributed by atoms with Crippen LogP contribution in [-0.2, 0) is 14.3 Å². The smallest absolute Gasteiger partial charge is 0.409 e. The van der Waals surface area contributed by atoms with Crippen LogP contribution >= 0.6 is 0 Å². The van der Waals surface area contributed by atoms with Gasteiger partial charge in [-0.05, 0) is 35.6 Å². The normalized spacial score (nSPS) is 14.4. The van der Waals surface area contributed by atoms with Crippen LogP contribution in [0.4, 0.5) is 4.79 Å². The standard InChI is InChI=1S/C27H35N3O4/c1-20(2)19-33-27(32)30(4)17-10-6-5-9-16-29(3)18-24-26(31)34-25(28-24)23-15-11-13-21-12-7-8-14-22(21)23/h7-8,11-15,18,20H,5-6,9-10,16-17,19H2,1-4H3/b24-18+. The molecule has 0 radical (unpaired) electrons. The molecule has 34 heavy (non-hydrogen) atoms. The van der Waals surface area contributed by atoms with Gasteiger partial charge in [-0.3, -0.25) is 0 Å². The maximum absolute atomic E-state index is 12.4. The third-order valence-electron chi connectivity index (χ3n) is 5.59. The van der Waals surface area contributed by atoms with E-state index in [0.29, 0.717) is 30.7 Å². The maximum Gasteiger partial charge on any atom is 0.409 e. The van der Waals surface area contributed by atoms with Crippen molar-refractivity contribution in [2.24, 2.45) is 10.9 Å². The highest BCUT2D eigenvalue weighted by Gasteiger charge is 2.25. The van der Waals surface area contributed by atoms with Crippen molar-refractivity contribution in [2.45, 2.75) is 39.5 Å². The van der Waals surface area contributed by atoms with Crippen molar-refractivity contribution in [3.05, 3.63) is 59.9 Å². The van der Waals surface area contributed by atoms with Crippen molar-refractivity contribution >= 4 is 28.7 Å². The monoisotopic (exact) mass is 465 g/mol. The van der Waals surface area contributed by atoms with Crippen molar-refractivity contribution in [2.75, 3.05) is 33.8 Å². The quantitative estimate of drug-likeness (QED) is 0.259. The van der Waals surface area contributed by atoms with Gasteiger partial charge in [-0.25, -0.2) is 14.6 Å². The van der Waals surface area contributed by atoms with Crippen molar-refractivity contribution in [3.8, 4) is 0 Å². The van der Waals surface area contributed by atoms with Gasteiger partial charge in [0.2, 0.25) is 5.90 Å². The number of carbonyl (C=O) groups excluding carboxylic acids is 2. The van der Waals surface area contributed by atoms with Crippen LogP contribution in [0.1, 0.15) is 45.1 Å². The number of aliphatic imine (C=N–C) groups is 1. The van der Waals surface area contributed by atoms with Crippen LogP contribution in [0.2, 0.25) is 0 Å². The largest absolute Gasteiger partial charge is 0.449 e. The lowest BCUT2D eigenvalue weighted by Gasteiger charge is -2.18. The summed E-state index contributed by atoms with van der Waals surface area (Å²) in [6, 6.07) is 13.9. The number of esters is 1. The summed E-state index contributed by atoms with van der Waals surface area (Å²) in [5.74, 6) is 0.255. The van der Waals surface area contributed by atoms with Crippen LogP contribution in [-0.4, -0.2) is 61.6 Å². The molecule has 0 saturated heterocycles. The average Bonchev–Trinajstić information content (AvgIpc) is 3.18. The molecule has 7 nitrogen and oxygen atoms in total. The number of amides is 1. The summed E-state index contributed by atoms with van der Waals surface area (Å²) < 4.78 is 10.7. The zero-order valence-electron chi connectivity index (χ0n) is 20.6. The Kier molecular flexibility index (Phi) is 9.08. The summed E-state index contributed by atoms with van der Waals surface area (Å²) >= 11 is 0. The summed E-state index contributed by atoms with van der Waals surface area (Å²) in [5, 5.41) is 2.08. The second-order valence-electron chi connectivity index (χ2n) is 9.13. The molecule has 182 valence electrons. The number of nitrogens with zero attached hydrogens (tertiary/aromatic N) is 3. The fraction of sp³-hybridized carbons (Fsp3) is 0.444.